The molecule has 29 heavy (non-hydrogen) atoms. The number of nitrogens with one attached hydrogen (secondary N) is 3. The van der Waals surface area contributed by atoms with Crippen LogP contribution in [0, 0.1) is 5.41 Å². The van der Waals surface area contributed by atoms with Gasteiger partial charge in [0, 0.05) is 43.2 Å². The lowest BCUT2D eigenvalue weighted by atomic mass is 10.0. The fourth-order valence-electron chi connectivity index (χ4n) is 3.14. The summed E-state index contributed by atoms with van der Waals surface area (Å²) in [5.74, 6) is -0.348. The highest BCUT2D eigenvalue weighted by Crippen LogP contribution is 2.21. The first-order valence-corrected chi connectivity index (χ1v) is 9.58. The standard InChI is InChI=1S/C20H28N4O5/c1-28-18(26)5-3-4-17(25)22-15-10-12-24(13-11-15)16-8-6-14(7-9-16)19(21)23-20(27)29-2/h6-9,15H,3-5,10-13H2,1-2H3,(H,22,25)(H2,21,23,27). The third-order valence-corrected chi connectivity index (χ3v) is 4.81. The fourth-order valence-corrected chi connectivity index (χ4v) is 3.14. The predicted octanol–water partition coefficient (Wildman–Crippen LogP) is 1.80. The Balaban J connectivity index is 1.76. The number of carbonyl (C=O) groups excluding carboxylic acids is 3. The average Bonchev–Trinajstić information content (AvgIpc) is 2.74. The third kappa shape index (κ3) is 7.10. The van der Waals surface area contributed by atoms with E-state index in [2.05, 4.69) is 25.0 Å². The highest BCUT2D eigenvalue weighted by molar-refractivity contribution is 6.04. The number of methoxy groups -OCH3 is 2. The van der Waals surface area contributed by atoms with E-state index in [9.17, 15) is 14.4 Å². The summed E-state index contributed by atoms with van der Waals surface area (Å²) < 4.78 is 9.05. The van der Waals surface area contributed by atoms with E-state index in [0.717, 1.165) is 31.6 Å². The Labute approximate surface area is 170 Å². The summed E-state index contributed by atoms with van der Waals surface area (Å²) >= 11 is 0. The summed E-state index contributed by atoms with van der Waals surface area (Å²) in [6, 6.07) is 7.52. The van der Waals surface area contributed by atoms with Crippen LogP contribution in [-0.2, 0) is 19.1 Å². The topological polar surface area (TPSA) is 121 Å². The Bertz CT molecular complexity index is 727. The van der Waals surface area contributed by atoms with Crippen LogP contribution in [-0.4, -0.2) is 57.2 Å². The molecule has 0 saturated carbocycles. The summed E-state index contributed by atoms with van der Waals surface area (Å²) in [6.45, 7) is 1.62. The van der Waals surface area contributed by atoms with Crippen LogP contribution in [0.2, 0.25) is 0 Å². The van der Waals surface area contributed by atoms with Gasteiger partial charge in [0.1, 0.15) is 5.84 Å². The molecule has 9 nitrogen and oxygen atoms in total. The molecule has 0 atom stereocenters. The number of ether oxygens (including phenoxy) is 2. The zero-order valence-corrected chi connectivity index (χ0v) is 16.8. The van der Waals surface area contributed by atoms with Gasteiger partial charge in [0.2, 0.25) is 5.91 Å². The smallest absolute Gasteiger partial charge is 0.412 e. The van der Waals surface area contributed by atoms with E-state index in [1.165, 1.54) is 14.2 Å². The molecule has 2 amide bonds. The number of hydrogen-bond acceptors (Lipinski definition) is 7. The van der Waals surface area contributed by atoms with Gasteiger partial charge in [-0.3, -0.25) is 20.3 Å². The predicted molar refractivity (Wildman–Crippen MR) is 108 cm³/mol. The molecule has 1 heterocycles. The average molecular weight is 404 g/mol. The van der Waals surface area contributed by atoms with Crippen molar-refractivity contribution >= 4 is 29.5 Å². The third-order valence-electron chi connectivity index (χ3n) is 4.81. The van der Waals surface area contributed by atoms with Crippen LogP contribution in [0.4, 0.5) is 10.5 Å². The van der Waals surface area contributed by atoms with E-state index in [4.69, 9.17) is 5.41 Å². The number of benzene rings is 1. The van der Waals surface area contributed by atoms with Gasteiger partial charge in [0.25, 0.3) is 0 Å². The molecule has 1 fully saturated rings. The van der Waals surface area contributed by atoms with E-state index in [-0.39, 0.29) is 30.2 Å². The maximum Gasteiger partial charge on any atom is 0.412 e. The molecule has 0 spiro atoms. The number of anilines is 1. The number of amides is 2. The van der Waals surface area contributed by atoms with Crippen molar-refractivity contribution in [1.29, 1.82) is 5.41 Å². The highest BCUT2D eigenvalue weighted by Gasteiger charge is 2.21. The van der Waals surface area contributed by atoms with Gasteiger partial charge in [0.05, 0.1) is 14.2 Å². The van der Waals surface area contributed by atoms with Crippen molar-refractivity contribution in [3.63, 3.8) is 0 Å². The van der Waals surface area contributed by atoms with Crippen LogP contribution in [0.25, 0.3) is 0 Å². The van der Waals surface area contributed by atoms with Gasteiger partial charge >= 0.3 is 12.1 Å². The van der Waals surface area contributed by atoms with Crippen LogP contribution in [0.3, 0.4) is 0 Å². The summed E-state index contributed by atoms with van der Waals surface area (Å²) in [5, 5.41) is 13.2. The summed E-state index contributed by atoms with van der Waals surface area (Å²) in [6.07, 6.45) is 2.07. The number of esters is 1. The molecule has 0 bridgehead atoms. The van der Waals surface area contributed by atoms with Gasteiger partial charge in [-0.1, -0.05) is 0 Å². The highest BCUT2D eigenvalue weighted by atomic mass is 16.5. The minimum absolute atomic E-state index is 0.0166. The molecule has 1 saturated heterocycles. The molecule has 1 aromatic rings. The molecule has 3 N–H and O–H groups in total. The lowest BCUT2D eigenvalue weighted by Gasteiger charge is -2.34. The number of rotatable bonds is 7. The molecule has 1 aliphatic rings. The SMILES string of the molecule is COC(=O)CCCC(=O)NC1CCN(c2ccc(C(=N)NC(=O)OC)cc2)CC1. The zero-order valence-electron chi connectivity index (χ0n) is 16.8. The molecule has 0 aliphatic carbocycles. The minimum Gasteiger partial charge on any atom is -0.469 e. The van der Waals surface area contributed by atoms with Gasteiger partial charge in [-0.15, -0.1) is 0 Å². The van der Waals surface area contributed by atoms with E-state index in [1.54, 1.807) is 12.1 Å². The summed E-state index contributed by atoms with van der Waals surface area (Å²) in [7, 11) is 2.59. The fraction of sp³-hybridized carbons (Fsp3) is 0.500. The van der Waals surface area contributed by atoms with Crippen LogP contribution in [0.5, 0.6) is 0 Å². The first-order valence-electron chi connectivity index (χ1n) is 9.58. The van der Waals surface area contributed by atoms with E-state index in [1.807, 2.05) is 12.1 Å². The van der Waals surface area contributed by atoms with Gasteiger partial charge in [-0.05, 0) is 43.5 Å². The molecule has 1 aromatic carbocycles. The molecular formula is C20H28N4O5. The zero-order chi connectivity index (χ0) is 21.2. The van der Waals surface area contributed by atoms with E-state index >= 15 is 0 Å². The molecule has 9 heteroatoms. The van der Waals surface area contributed by atoms with Gasteiger partial charge in [0.15, 0.2) is 0 Å². The van der Waals surface area contributed by atoms with Crippen LogP contribution in [0.15, 0.2) is 24.3 Å². The van der Waals surface area contributed by atoms with Crippen LogP contribution >= 0.6 is 0 Å². The molecule has 158 valence electrons. The lowest BCUT2D eigenvalue weighted by Crippen LogP contribution is -2.44. The van der Waals surface area contributed by atoms with Crippen molar-refractivity contribution in [2.45, 2.75) is 38.1 Å². The Morgan fingerprint density at radius 1 is 1.07 bits per heavy atom. The Kier molecular flexibility index (Phi) is 8.45. The molecule has 0 aromatic heterocycles. The van der Waals surface area contributed by atoms with Crippen LogP contribution in [0.1, 0.15) is 37.7 Å². The first kappa shape index (κ1) is 22.2. The molecule has 1 aliphatic heterocycles. The van der Waals surface area contributed by atoms with Crippen LogP contribution < -0.4 is 15.5 Å². The second-order valence-corrected chi connectivity index (χ2v) is 6.80. The van der Waals surface area contributed by atoms with Crippen molar-refractivity contribution in [3.8, 4) is 0 Å². The van der Waals surface area contributed by atoms with Gasteiger partial charge in [-0.25, -0.2) is 4.79 Å². The molecule has 2 rings (SSSR count). The van der Waals surface area contributed by atoms with Gasteiger partial charge < -0.3 is 19.7 Å². The van der Waals surface area contributed by atoms with Crippen molar-refractivity contribution in [1.82, 2.24) is 10.6 Å². The maximum atomic E-state index is 12.0. The van der Waals surface area contributed by atoms with Gasteiger partial charge in [-0.2, -0.15) is 0 Å². The number of carbonyl (C=O) groups is 3. The Morgan fingerprint density at radius 3 is 2.31 bits per heavy atom. The number of nitrogens with zero attached hydrogens (tertiary/aromatic N) is 1. The summed E-state index contributed by atoms with van der Waals surface area (Å²) in [5.41, 5.74) is 1.62. The summed E-state index contributed by atoms with van der Waals surface area (Å²) in [4.78, 5) is 36.5. The molecule has 0 radical (unpaired) electrons. The monoisotopic (exact) mass is 404 g/mol. The second-order valence-electron chi connectivity index (χ2n) is 6.80. The van der Waals surface area contributed by atoms with Crippen molar-refractivity contribution < 1.29 is 23.9 Å². The quantitative estimate of drug-likeness (QED) is 0.362. The van der Waals surface area contributed by atoms with Crippen molar-refractivity contribution in [3.05, 3.63) is 29.8 Å². The number of hydrogen-bond donors (Lipinski definition) is 3. The minimum atomic E-state index is -0.673. The lowest BCUT2D eigenvalue weighted by molar-refractivity contribution is -0.140. The van der Waals surface area contributed by atoms with E-state index in [0.29, 0.717) is 18.4 Å². The number of amidine groups is 1. The van der Waals surface area contributed by atoms with Crippen molar-refractivity contribution in [2.24, 2.45) is 0 Å². The Hall–Kier alpha value is -3.10. The first-order chi connectivity index (χ1) is 13.9. The number of piperidine rings is 1. The maximum absolute atomic E-state index is 12.0. The van der Waals surface area contributed by atoms with E-state index < -0.39 is 6.09 Å². The Morgan fingerprint density at radius 2 is 1.72 bits per heavy atom. The van der Waals surface area contributed by atoms with Crippen molar-refractivity contribution in [2.75, 3.05) is 32.2 Å². The second kappa shape index (κ2) is 11.0. The largest absolute Gasteiger partial charge is 0.469 e. The molecule has 0 unspecified atom stereocenters. The normalized spacial score (nSPS) is 14.1. The molecular weight excluding hydrogens is 376 g/mol. The number of alkyl carbamates (subject to hydrolysis) is 1.